The minimum Gasteiger partial charge on any atom is -0.495 e. The van der Waals surface area contributed by atoms with Crippen LogP contribution in [-0.4, -0.2) is 26.4 Å². The van der Waals surface area contributed by atoms with Crippen molar-refractivity contribution in [2.45, 2.75) is 11.8 Å². The van der Waals surface area contributed by atoms with Crippen LogP contribution in [0.25, 0.3) is 11.3 Å². The van der Waals surface area contributed by atoms with Crippen molar-refractivity contribution in [3.63, 3.8) is 0 Å². The molecule has 0 unspecified atom stereocenters. The second-order valence-corrected chi connectivity index (χ2v) is 9.08. The highest BCUT2D eigenvalue weighted by molar-refractivity contribution is 7.92. The van der Waals surface area contributed by atoms with E-state index >= 15 is 0 Å². The van der Waals surface area contributed by atoms with E-state index in [2.05, 4.69) is 15.0 Å². The third-order valence-electron chi connectivity index (χ3n) is 5.10. The van der Waals surface area contributed by atoms with Gasteiger partial charge in [-0.3, -0.25) is 9.52 Å². The van der Waals surface area contributed by atoms with Crippen molar-refractivity contribution in [2.24, 2.45) is 0 Å². The first kappa shape index (κ1) is 23.5. The maximum absolute atomic E-state index is 13.2. The quantitative estimate of drug-likeness (QED) is 0.389. The fourth-order valence-electron chi connectivity index (χ4n) is 3.35. The van der Waals surface area contributed by atoms with Gasteiger partial charge in [0.25, 0.3) is 15.9 Å². The van der Waals surface area contributed by atoms with Gasteiger partial charge in [-0.05, 0) is 36.8 Å². The van der Waals surface area contributed by atoms with Crippen LogP contribution < -0.4 is 14.8 Å². The van der Waals surface area contributed by atoms with E-state index in [-0.39, 0.29) is 33.5 Å². The number of nitrogens with zero attached hydrogens (tertiary/aromatic N) is 2. The molecule has 35 heavy (non-hydrogen) atoms. The minimum absolute atomic E-state index is 0.0603. The highest BCUT2D eigenvalue weighted by Gasteiger charge is 2.23. The second-order valence-electron chi connectivity index (χ2n) is 7.43. The van der Waals surface area contributed by atoms with Crippen LogP contribution in [0, 0.1) is 18.3 Å². The smallest absolute Gasteiger partial charge is 0.311 e. The van der Waals surface area contributed by atoms with Crippen molar-refractivity contribution >= 4 is 27.3 Å². The Morgan fingerprint density at radius 1 is 1.09 bits per heavy atom. The molecule has 0 bridgehead atoms. The number of benzene rings is 3. The van der Waals surface area contributed by atoms with E-state index in [0.717, 1.165) is 5.56 Å². The third kappa shape index (κ3) is 5.00. The predicted molar refractivity (Wildman–Crippen MR) is 130 cm³/mol. The average Bonchev–Trinajstić information content (AvgIpc) is 3.36. The summed E-state index contributed by atoms with van der Waals surface area (Å²) in [5.74, 6) is -0.352. The summed E-state index contributed by atoms with van der Waals surface area (Å²) in [6.45, 7) is 1.69. The molecule has 176 valence electrons. The summed E-state index contributed by atoms with van der Waals surface area (Å²) >= 11 is 0. The molecule has 0 fully saturated rings. The number of sulfonamides is 1. The van der Waals surface area contributed by atoms with Crippen molar-refractivity contribution in [1.82, 2.24) is 4.98 Å². The number of anilines is 2. The molecule has 1 aromatic heterocycles. The molecule has 0 spiro atoms. The molecule has 2 N–H and O–H groups in total. The maximum atomic E-state index is 13.2. The second kappa shape index (κ2) is 9.70. The molecule has 0 aliphatic heterocycles. The zero-order chi connectivity index (χ0) is 25.0. The number of oxazole rings is 1. The van der Waals surface area contributed by atoms with Crippen LogP contribution in [0.4, 0.5) is 11.4 Å². The van der Waals surface area contributed by atoms with Crippen LogP contribution in [0.1, 0.15) is 21.8 Å². The highest BCUT2D eigenvalue weighted by atomic mass is 32.2. The molecule has 0 aliphatic rings. The molecule has 0 saturated carbocycles. The van der Waals surface area contributed by atoms with E-state index in [1.54, 1.807) is 19.1 Å². The lowest BCUT2D eigenvalue weighted by atomic mass is 10.1. The van der Waals surface area contributed by atoms with E-state index in [0.29, 0.717) is 11.3 Å². The SMILES string of the molecule is COc1ccc(NC(=O)c2ncc(-c3ccccc3)o2)cc1S(=O)(=O)Nc1c(C)cccc1C#N. The molecule has 3 aromatic carbocycles. The number of para-hydroxylation sites is 1. The normalized spacial score (nSPS) is 10.9. The van der Waals surface area contributed by atoms with Crippen molar-refractivity contribution in [1.29, 1.82) is 5.26 Å². The summed E-state index contributed by atoms with van der Waals surface area (Å²) in [4.78, 5) is 16.5. The van der Waals surface area contributed by atoms with Crippen molar-refractivity contribution in [3.8, 4) is 23.1 Å². The van der Waals surface area contributed by atoms with Gasteiger partial charge < -0.3 is 14.5 Å². The molecule has 0 atom stereocenters. The third-order valence-corrected chi connectivity index (χ3v) is 6.47. The molecule has 4 aromatic rings. The molecular formula is C25H20N4O5S. The van der Waals surface area contributed by atoms with Crippen LogP contribution in [0.15, 0.2) is 82.2 Å². The molecule has 0 saturated heterocycles. The van der Waals surface area contributed by atoms with Gasteiger partial charge in [-0.25, -0.2) is 13.4 Å². The number of nitrogens with one attached hydrogen (secondary N) is 2. The van der Waals surface area contributed by atoms with Crippen molar-refractivity contribution in [2.75, 3.05) is 17.1 Å². The highest BCUT2D eigenvalue weighted by Crippen LogP contribution is 2.31. The zero-order valence-corrected chi connectivity index (χ0v) is 19.6. The van der Waals surface area contributed by atoms with E-state index in [9.17, 15) is 18.5 Å². The fraction of sp³-hybridized carbons (Fsp3) is 0.0800. The number of nitriles is 1. The Balaban J connectivity index is 1.61. The molecule has 1 heterocycles. The Morgan fingerprint density at radius 2 is 1.86 bits per heavy atom. The van der Waals surface area contributed by atoms with E-state index in [1.807, 2.05) is 36.4 Å². The maximum Gasteiger partial charge on any atom is 0.311 e. The Labute approximate surface area is 202 Å². The zero-order valence-electron chi connectivity index (χ0n) is 18.8. The molecule has 0 radical (unpaired) electrons. The van der Waals surface area contributed by atoms with Gasteiger partial charge in [-0.15, -0.1) is 0 Å². The number of aromatic nitrogens is 1. The van der Waals surface area contributed by atoms with E-state index < -0.39 is 15.9 Å². The number of ether oxygens (including phenoxy) is 1. The lowest BCUT2D eigenvalue weighted by Gasteiger charge is -2.15. The summed E-state index contributed by atoms with van der Waals surface area (Å²) in [6, 6.07) is 20.2. The van der Waals surface area contributed by atoms with Gasteiger partial charge in [0.05, 0.1) is 24.6 Å². The summed E-state index contributed by atoms with van der Waals surface area (Å²) in [6.07, 6.45) is 1.44. The first-order valence-corrected chi connectivity index (χ1v) is 11.8. The topological polar surface area (TPSA) is 134 Å². The lowest BCUT2D eigenvalue weighted by molar-refractivity contribution is 0.0991. The van der Waals surface area contributed by atoms with Gasteiger partial charge in [0.2, 0.25) is 0 Å². The summed E-state index contributed by atoms with van der Waals surface area (Å²) in [5, 5.41) is 12.0. The Bertz CT molecular complexity index is 1540. The van der Waals surface area contributed by atoms with Crippen molar-refractivity contribution < 1.29 is 22.4 Å². The number of amides is 1. The number of rotatable bonds is 7. The van der Waals surface area contributed by atoms with Crippen LogP contribution in [0.3, 0.4) is 0 Å². The summed E-state index contributed by atoms with van der Waals surface area (Å²) in [7, 11) is -2.85. The Morgan fingerprint density at radius 3 is 2.57 bits per heavy atom. The van der Waals surface area contributed by atoms with Crippen molar-refractivity contribution in [3.05, 3.63) is 89.9 Å². The Hall–Kier alpha value is -4.62. The average molecular weight is 489 g/mol. The molecular weight excluding hydrogens is 468 g/mol. The van der Waals surface area contributed by atoms with Crippen LogP contribution >= 0.6 is 0 Å². The first-order chi connectivity index (χ1) is 16.8. The molecule has 10 heteroatoms. The van der Waals surface area contributed by atoms with Crippen LogP contribution in [0.2, 0.25) is 0 Å². The number of carbonyl (C=O) groups excluding carboxylic acids is 1. The van der Waals surface area contributed by atoms with E-state index in [4.69, 9.17) is 9.15 Å². The molecule has 0 aliphatic carbocycles. The van der Waals surface area contributed by atoms with Crippen LogP contribution in [0.5, 0.6) is 5.75 Å². The molecule has 4 rings (SSSR count). The Kier molecular flexibility index (Phi) is 6.53. The van der Waals surface area contributed by atoms with Gasteiger partial charge in [0.1, 0.15) is 16.7 Å². The fourth-order valence-corrected chi connectivity index (χ4v) is 4.70. The summed E-state index contributed by atoms with van der Waals surface area (Å²) in [5.41, 5.74) is 1.86. The standard InChI is InChI=1S/C25H20N4O5S/c1-16-7-6-10-18(14-26)23(16)29-35(31,32)22-13-19(11-12-20(22)33-2)28-24(30)25-27-15-21(34-25)17-8-4-3-5-9-17/h3-13,15,29H,1-2H3,(H,28,30). The molecule has 9 nitrogen and oxygen atoms in total. The molecule has 1 amide bonds. The predicted octanol–water partition coefficient (Wildman–Crippen LogP) is 4.58. The lowest BCUT2D eigenvalue weighted by Crippen LogP contribution is -2.17. The van der Waals surface area contributed by atoms with E-state index in [1.165, 1.54) is 37.6 Å². The number of hydrogen-bond donors (Lipinski definition) is 2. The van der Waals surface area contributed by atoms with Gasteiger partial charge >= 0.3 is 5.91 Å². The van der Waals surface area contributed by atoms with Gasteiger partial charge in [-0.2, -0.15) is 5.26 Å². The van der Waals surface area contributed by atoms with Gasteiger partial charge in [0, 0.05) is 11.3 Å². The number of methoxy groups -OCH3 is 1. The number of carbonyl (C=O) groups is 1. The number of hydrogen-bond acceptors (Lipinski definition) is 7. The summed E-state index contributed by atoms with van der Waals surface area (Å²) < 4.78 is 39.7. The van der Waals surface area contributed by atoms with Gasteiger partial charge in [-0.1, -0.05) is 42.5 Å². The monoisotopic (exact) mass is 488 g/mol. The first-order valence-electron chi connectivity index (χ1n) is 10.4. The van der Waals surface area contributed by atoms with Gasteiger partial charge in [0.15, 0.2) is 5.76 Å². The minimum atomic E-state index is -4.18. The largest absolute Gasteiger partial charge is 0.495 e. The number of aryl methyl sites for hydroxylation is 1. The van der Waals surface area contributed by atoms with Crippen LogP contribution in [-0.2, 0) is 10.0 Å².